The fourth-order valence-electron chi connectivity index (χ4n) is 0.189. The van der Waals surface area contributed by atoms with Crippen molar-refractivity contribution in [2.75, 3.05) is 11.8 Å². The molecule has 0 aromatic heterocycles. The Labute approximate surface area is 118 Å². The molecule has 0 aliphatic carbocycles. The predicted molar refractivity (Wildman–Crippen MR) is 51.3 cm³/mol. The van der Waals surface area contributed by atoms with Gasteiger partial charge in [0, 0.05) is 11.8 Å². The summed E-state index contributed by atoms with van der Waals surface area (Å²) in [6.45, 7) is 7.18. The Balaban J connectivity index is -0.0000000267. The van der Waals surface area contributed by atoms with E-state index in [0.717, 1.165) is 37.4 Å². The minimum atomic E-state index is 0. The molecule has 0 heterocycles. The molecule has 0 spiro atoms. The van der Waals surface area contributed by atoms with E-state index in [1.807, 2.05) is 0 Å². The van der Waals surface area contributed by atoms with Gasteiger partial charge in [0.2, 0.25) is 0 Å². The van der Waals surface area contributed by atoms with E-state index in [1.165, 1.54) is 0 Å². The van der Waals surface area contributed by atoms with E-state index in [0.29, 0.717) is 0 Å². The van der Waals surface area contributed by atoms with Crippen LogP contribution in [-0.2, 0) is 44.4 Å². The van der Waals surface area contributed by atoms with Crippen molar-refractivity contribution >= 4 is 23.2 Å². The van der Waals surface area contributed by atoms with Crippen molar-refractivity contribution in [1.82, 2.24) is 0 Å². The fourth-order valence-corrected chi connectivity index (χ4v) is 0.567. The Morgan fingerprint density at radius 3 is 1.00 bits per heavy atom. The van der Waals surface area contributed by atoms with Crippen LogP contribution in [0.4, 0.5) is 0 Å². The average molecular weight is 330 g/mol. The number of unbranched alkanes of at least 4 members (excludes halogenated alkanes) is 2. The van der Waals surface area contributed by atoms with Gasteiger partial charge in [-0.3, -0.25) is 0 Å². The van der Waals surface area contributed by atoms with Crippen molar-refractivity contribution in [3.8, 4) is 0 Å². The second-order valence-electron chi connectivity index (χ2n) is 1.79. The van der Waals surface area contributed by atoms with Gasteiger partial charge < -0.3 is 19.3 Å². The van der Waals surface area contributed by atoms with Crippen LogP contribution in [0.3, 0.4) is 0 Å². The molecule has 13 heavy (non-hydrogen) atoms. The van der Waals surface area contributed by atoms with Gasteiger partial charge >= 0.3 is 39.0 Å². The van der Waals surface area contributed by atoms with Crippen molar-refractivity contribution in [3.63, 3.8) is 0 Å². The monoisotopic (exact) mass is 326 g/mol. The number of hydrogen-bond donors (Lipinski definition) is 0. The van der Waals surface area contributed by atoms with Crippen LogP contribution in [0.2, 0.25) is 0 Å². The van der Waals surface area contributed by atoms with E-state index in [4.69, 9.17) is 23.2 Å². The molecule has 0 unspecified atom stereocenters. The Morgan fingerprint density at radius 1 is 0.769 bits per heavy atom. The zero-order valence-electron chi connectivity index (χ0n) is 8.24. The second kappa shape index (κ2) is 37.2. The van der Waals surface area contributed by atoms with E-state index in [2.05, 4.69) is 13.8 Å². The van der Waals surface area contributed by atoms with Crippen molar-refractivity contribution in [1.29, 1.82) is 0 Å². The molecular weight excluding hydrogens is 314 g/mol. The van der Waals surface area contributed by atoms with Crippen molar-refractivity contribution in [3.05, 3.63) is 13.8 Å². The first kappa shape index (κ1) is 29.3. The van der Waals surface area contributed by atoms with E-state index in [-0.39, 0.29) is 44.4 Å². The van der Waals surface area contributed by atoms with Crippen molar-refractivity contribution in [2.24, 2.45) is 0 Å². The van der Waals surface area contributed by atoms with Gasteiger partial charge in [0.1, 0.15) is 0 Å². The quantitative estimate of drug-likeness (QED) is 0.429. The molecular formula is C8H16Cl2OZn2. The van der Waals surface area contributed by atoms with Crippen LogP contribution in [0, 0.1) is 13.8 Å². The third-order valence-corrected chi connectivity index (χ3v) is 1.30. The van der Waals surface area contributed by atoms with Gasteiger partial charge in [-0.2, -0.15) is 12.8 Å². The Hall–Kier alpha value is 1.79. The Morgan fingerprint density at radius 2 is 1.00 bits per heavy atom. The first-order valence-electron chi connectivity index (χ1n) is 3.53. The van der Waals surface area contributed by atoms with Crippen LogP contribution >= 0.6 is 23.2 Å². The fraction of sp³-hybridized carbons (Fsp3) is 0.750. The molecule has 0 bridgehead atoms. The molecule has 72 valence electrons. The summed E-state index contributed by atoms with van der Waals surface area (Å²) in [5.74, 6) is 1.51. The average Bonchev–Trinajstić information content (AvgIpc) is 1.93. The van der Waals surface area contributed by atoms with Crippen LogP contribution in [0.15, 0.2) is 0 Å². The summed E-state index contributed by atoms with van der Waals surface area (Å²) < 4.78 is 0. The number of alkyl halides is 2. The van der Waals surface area contributed by atoms with E-state index < -0.39 is 0 Å². The molecule has 0 aliphatic rings. The van der Waals surface area contributed by atoms with Crippen LogP contribution in [0.5, 0.6) is 0 Å². The summed E-state index contributed by atoms with van der Waals surface area (Å²) >= 11 is 10.5. The molecule has 0 rings (SSSR count). The second-order valence-corrected chi connectivity index (χ2v) is 2.55. The minimum Gasteiger partial charge on any atom is -2.00 e. The molecule has 0 atom stereocenters. The van der Waals surface area contributed by atoms with Crippen molar-refractivity contribution in [2.45, 2.75) is 25.7 Å². The molecule has 0 fully saturated rings. The van der Waals surface area contributed by atoms with E-state index in [9.17, 15) is 0 Å². The zero-order valence-corrected chi connectivity index (χ0v) is 15.7. The summed E-state index contributed by atoms with van der Waals surface area (Å²) in [5.41, 5.74) is 0. The maximum Gasteiger partial charge on any atom is 2.00 e. The summed E-state index contributed by atoms with van der Waals surface area (Å²) in [6.07, 6.45) is 4.01. The molecule has 1 nitrogen and oxygen atoms in total. The molecule has 0 aromatic rings. The molecule has 0 aliphatic heterocycles. The third-order valence-electron chi connectivity index (χ3n) is 0.767. The largest absolute Gasteiger partial charge is 2.00 e. The number of halogens is 2. The van der Waals surface area contributed by atoms with Gasteiger partial charge in [0.25, 0.3) is 0 Å². The predicted octanol–water partition coefficient (Wildman–Crippen LogP) is 3.56. The van der Waals surface area contributed by atoms with Gasteiger partial charge in [0.15, 0.2) is 0 Å². The summed E-state index contributed by atoms with van der Waals surface area (Å²) in [7, 11) is 0. The van der Waals surface area contributed by atoms with Crippen LogP contribution < -0.4 is 0 Å². The van der Waals surface area contributed by atoms with Crippen LogP contribution in [-0.4, -0.2) is 11.8 Å². The summed E-state index contributed by atoms with van der Waals surface area (Å²) in [4.78, 5) is 0. The van der Waals surface area contributed by atoms with Crippen molar-refractivity contribution < 1.29 is 44.4 Å². The molecule has 0 N–H and O–H groups in total. The first-order chi connectivity index (χ1) is 4.83. The zero-order chi connectivity index (χ0) is 8.24. The topological polar surface area (TPSA) is 28.5 Å². The minimum absolute atomic E-state index is 0. The molecule has 0 aromatic carbocycles. The number of hydrogen-bond acceptors (Lipinski definition) is 0. The smallest absolute Gasteiger partial charge is 2.00 e. The Bertz CT molecular complexity index is 41.1. The summed E-state index contributed by atoms with van der Waals surface area (Å²) in [5, 5.41) is 0. The SMILES string of the molecule is [CH2-]CCCCl.[CH2-]CCCCl.[O-2].[Zn+2].[Zn+2]. The van der Waals surface area contributed by atoms with E-state index >= 15 is 0 Å². The maximum absolute atomic E-state index is 5.26. The van der Waals surface area contributed by atoms with E-state index in [1.54, 1.807) is 0 Å². The Kier molecular flexibility index (Phi) is 83.9. The van der Waals surface area contributed by atoms with Crippen LogP contribution in [0.25, 0.3) is 0 Å². The van der Waals surface area contributed by atoms with Gasteiger partial charge in [-0.15, -0.1) is 23.2 Å². The standard InChI is InChI=1S/2C4H8Cl.O.2Zn/c2*1-2-3-4-5;;;/h2*1-4H2;;;/q2*-1;-2;2*+2. The van der Waals surface area contributed by atoms with Crippen LogP contribution in [0.1, 0.15) is 25.7 Å². The normalized spacial score (nSPS) is 6.46. The molecule has 0 saturated heterocycles. The number of rotatable bonds is 4. The third kappa shape index (κ3) is 57.2. The molecule has 0 saturated carbocycles. The maximum atomic E-state index is 5.26. The molecule has 5 heteroatoms. The van der Waals surface area contributed by atoms with Gasteiger partial charge in [-0.25, -0.2) is 0 Å². The van der Waals surface area contributed by atoms with Gasteiger partial charge in [0.05, 0.1) is 0 Å². The summed E-state index contributed by atoms with van der Waals surface area (Å²) in [6, 6.07) is 0. The molecule has 0 radical (unpaired) electrons. The molecule has 0 amide bonds. The first-order valence-corrected chi connectivity index (χ1v) is 4.60. The van der Waals surface area contributed by atoms with Gasteiger partial charge in [-0.1, -0.05) is 12.8 Å². The van der Waals surface area contributed by atoms with Gasteiger partial charge in [-0.05, 0) is 0 Å².